The molecule has 0 bridgehead atoms. The lowest BCUT2D eigenvalue weighted by Gasteiger charge is -2.40. The molecule has 1 aliphatic carbocycles. The summed E-state index contributed by atoms with van der Waals surface area (Å²) in [4.78, 5) is 2.38. The molecule has 1 aliphatic heterocycles. The predicted molar refractivity (Wildman–Crippen MR) is 84.3 cm³/mol. The highest BCUT2D eigenvalue weighted by atomic mass is 19.1. The van der Waals surface area contributed by atoms with E-state index in [2.05, 4.69) is 4.90 Å². The first-order valence-electron chi connectivity index (χ1n) is 8.26. The van der Waals surface area contributed by atoms with E-state index in [1.807, 2.05) is 12.1 Å². The van der Waals surface area contributed by atoms with Crippen LogP contribution in [0.15, 0.2) is 18.2 Å². The van der Waals surface area contributed by atoms with Gasteiger partial charge >= 0.3 is 0 Å². The Morgan fingerprint density at radius 1 is 1.43 bits per heavy atom. The van der Waals surface area contributed by atoms with Crippen molar-refractivity contribution in [3.8, 4) is 6.07 Å². The second kappa shape index (κ2) is 7.39. The monoisotopic (exact) mass is 318 g/mol. The van der Waals surface area contributed by atoms with Crippen molar-refractivity contribution in [3.05, 3.63) is 35.1 Å². The number of nitriles is 1. The lowest BCUT2D eigenvalue weighted by Crippen LogP contribution is -2.50. The first-order valence-corrected chi connectivity index (χ1v) is 8.26. The minimum Gasteiger partial charge on any atom is -0.381 e. The number of ether oxygens (including phenoxy) is 2. The highest BCUT2D eigenvalue weighted by molar-refractivity contribution is 5.33. The zero-order chi connectivity index (χ0) is 16.2. The van der Waals surface area contributed by atoms with Crippen molar-refractivity contribution in [2.45, 2.75) is 38.0 Å². The summed E-state index contributed by atoms with van der Waals surface area (Å²) < 4.78 is 25.2. The van der Waals surface area contributed by atoms with Gasteiger partial charge in [0.2, 0.25) is 0 Å². The summed E-state index contributed by atoms with van der Waals surface area (Å²) in [5, 5.41) is 8.84. The van der Waals surface area contributed by atoms with Crippen LogP contribution >= 0.6 is 0 Å². The summed E-state index contributed by atoms with van der Waals surface area (Å²) in [5.41, 5.74) is 1.00. The zero-order valence-corrected chi connectivity index (χ0v) is 13.5. The minimum absolute atomic E-state index is 0.0996. The van der Waals surface area contributed by atoms with Crippen LogP contribution in [0, 0.1) is 23.1 Å². The van der Waals surface area contributed by atoms with Crippen LogP contribution in [0.25, 0.3) is 0 Å². The maximum atomic E-state index is 13.8. The molecule has 3 atom stereocenters. The number of benzene rings is 1. The lowest BCUT2D eigenvalue weighted by molar-refractivity contribution is -0.0608. The molecule has 0 amide bonds. The summed E-state index contributed by atoms with van der Waals surface area (Å²) in [6.45, 7) is 2.95. The van der Waals surface area contributed by atoms with Gasteiger partial charge in [-0.05, 0) is 30.5 Å². The second-order valence-corrected chi connectivity index (χ2v) is 6.41. The molecule has 0 spiro atoms. The number of morpholine rings is 1. The Bertz CT molecular complexity index is 587. The van der Waals surface area contributed by atoms with E-state index in [9.17, 15) is 4.39 Å². The van der Waals surface area contributed by atoms with Gasteiger partial charge < -0.3 is 9.47 Å². The van der Waals surface area contributed by atoms with Crippen molar-refractivity contribution in [1.82, 2.24) is 4.90 Å². The summed E-state index contributed by atoms with van der Waals surface area (Å²) >= 11 is 0. The van der Waals surface area contributed by atoms with Gasteiger partial charge in [-0.25, -0.2) is 4.39 Å². The van der Waals surface area contributed by atoms with E-state index in [-0.39, 0.29) is 5.56 Å². The van der Waals surface area contributed by atoms with Crippen molar-refractivity contribution in [2.75, 3.05) is 26.9 Å². The number of methoxy groups -OCH3 is 1. The topological polar surface area (TPSA) is 45.5 Å². The highest BCUT2D eigenvalue weighted by Crippen LogP contribution is 2.34. The van der Waals surface area contributed by atoms with E-state index >= 15 is 0 Å². The Balaban J connectivity index is 1.74. The second-order valence-electron chi connectivity index (χ2n) is 6.41. The number of hydrogen-bond donors (Lipinski definition) is 0. The van der Waals surface area contributed by atoms with E-state index in [0.717, 1.165) is 24.9 Å². The first-order chi connectivity index (χ1) is 11.2. The normalized spacial score (nSPS) is 28.7. The van der Waals surface area contributed by atoms with Crippen LogP contribution in [0.1, 0.15) is 30.4 Å². The highest BCUT2D eigenvalue weighted by Gasteiger charge is 2.38. The molecule has 2 aliphatic rings. The van der Waals surface area contributed by atoms with Crippen molar-refractivity contribution in [3.63, 3.8) is 0 Å². The molecule has 5 heteroatoms. The van der Waals surface area contributed by atoms with E-state index in [0.29, 0.717) is 37.8 Å². The smallest absolute Gasteiger partial charge is 0.141 e. The molecule has 4 nitrogen and oxygen atoms in total. The van der Waals surface area contributed by atoms with Gasteiger partial charge in [-0.3, -0.25) is 4.90 Å². The van der Waals surface area contributed by atoms with Gasteiger partial charge in [0, 0.05) is 32.2 Å². The molecule has 1 aromatic carbocycles. The van der Waals surface area contributed by atoms with E-state index < -0.39 is 5.82 Å². The molecule has 1 saturated carbocycles. The lowest BCUT2D eigenvalue weighted by atomic mass is 9.93. The Morgan fingerprint density at radius 3 is 3.04 bits per heavy atom. The van der Waals surface area contributed by atoms with Gasteiger partial charge in [0.25, 0.3) is 0 Å². The predicted octanol–water partition coefficient (Wildman–Crippen LogP) is 2.71. The third-order valence-corrected chi connectivity index (χ3v) is 5.12. The zero-order valence-electron chi connectivity index (χ0n) is 13.5. The SMILES string of the molecule is COC1CCCC1C1COCCN1Cc1ccc(C#N)c(F)c1. The van der Waals surface area contributed by atoms with E-state index in [1.54, 1.807) is 13.2 Å². The van der Waals surface area contributed by atoms with Gasteiger partial charge in [-0.2, -0.15) is 5.26 Å². The van der Waals surface area contributed by atoms with Crippen LogP contribution in [0.3, 0.4) is 0 Å². The molecular formula is C18H23FN2O2. The van der Waals surface area contributed by atoms with Crippen molar-refractivity contribution >= 4 is 0 Å². The summed E-state index contributed by atoms with van der Waals surface area (Å²) in [5.74, 6) is 0.0361. The Hall–Kier alpha value is -1.48. The van der Waals surface area contributed by atoms with Crippen molar-refractivity contribution < 1.29 is 13.9 Å². The largest absolute Gasteiger partial charge is 0.381 e. The van der Waals surface area contributed by atoms with Crippen LogP contribution in [0.5, 0.6) is 0 Å². The van der Waals surface area contributed by atoms with E-state index in [4.69, 9.17) is 14.7 Å². The van der Waals surface area contributed by atoms with Gasteiger partial charge in [0.15, 0.2) is 0 Å². The Labute approximate surface area is 136 Å². The van der Waals surface area contributed by atoms with Gasteiger partial charge in [-0.1, -0.05) is 12.5 Å². The fourth-order valence-corrected chi connectivity index (χ4v) is 3.92. The third kappa shape index (κ3) is 3.55. The van der Waals surface area contributed by atoms with Crippen LogP contribution in [-0.2, 0) is 16.0 Å². The number of rotatable bonds is 4. The number of hydrogen-bond acceptors (Lipinski definition) is 4. The average Bonchev–Trinajstić information content (AvgIpc) is 3.04. The number of nitrogens with zero attached hydrogens (tertiary/aromatic N) is 2. The summed E-state index contributed by atoms with van der Waals surface area (Å²) in [6, 6.07) is 7.07. The molecule has 3 rings (SSSR count). The first kappa shape index (κ1) is 16.4. The molecule has 124 valence electrons. The minimum atomic E-state index is -0.439. The Kier molecular flexibility index (Phi) is 5.27. The van der Waals surface area contributed by atoms with Crippen molar-refractivity contribution in [2.24, 2.45) is 5.92 Å². The maximum absolute atomic E-state index is 13.8. The molecular weight excluding hydrogens is 295 g/mol. The molecule has 23 heavy (non-hydrogen) atoms. The summed E-state index contributed by atoms with van der Waals surface area (Å²) in [6.07, 6.45) is 3.75. The number of halogens is 1. The molecule has 3 unspecified atom stereocenters. The van der Waals surface area contributed by atoms with Crippen molar-refractivity contribution in [1.29, 1.82) is 5.26 Å². The third-order valence-electron chi connectivity index (χ3n) is 5.12. The van der Waals surface area contributed by atoms with Crippen LogP contribution in [0.2, 0.25) is 0 Å². The Morgan fingerprint density at radius 2 is 2.30 bits per heavy atom. The fourth-order valence-electron chi connectivity index (χ4n) is 3.92. The standard InChI is InChI=1S/C18H23FN2O2/c1-22-18-4-2-3-15(18)17-12-23-8-7-21(17)11-13-5-6-14(10-20)16(19)9-13/h5-6,9,15,17-18H,2-4,7-8,11-12H2,1H3. The van der Waals surface area contributed by atoms with Gasteiger partial charge in [0.05, 0.1) is 24.9 Å². The average molecular weight is 318 g/mol. The molecule has 0 aromatic heterocycles. The molecule has 0 radical (unpaired) electrons. The fraction of sp³-hybridized carbons (Fsp3) is 0.611. The quantitative estimate of drug-likeness (QED) is 0.856. The van der Waals surface area contributed by atoms with Crippen LogP contribution in [0.4, 0.5) is 4.39 Å². The van der Waals surface area contributed by atoms with E-state index in [1.165, 1.54) is 12.5 Å². The summed E-state index contributed by atoms with van der Waals surface area (Å²) in [7, 11) is 1.78. The molecule has 2 fully saturated rings. The molecule has 0 N–H and O–H groups in total. The van der Waals surface area contributed by atoms with Crippen LogP contribution < -0.4 is 0 Å². The van der Waals surface area contributed by atoms with Gasteiger partial charge in [-0.15, -0.1) is 0 Å². The molecule has 1 aromatic rings. The van der Waals surface area contributed by atoms with Crippen LogP contribution in [-0.4, -0.2) is 43.9 Å². The van der Waals surface area contributed by atoms with Gasteiger partial charge in [0.1, 0.15) is 11.9 Å². The molecule has 1 saturated heterocycles. The molecule has 1 heterocycles. The maximum Gasteiger partial charge on any atom is 0.141 e.